The molecule has 2 aromatic rings. The third-order valence-electron chi connectivity index (χ3n) is 4.10. The normalized spacial score (nSPS) is 14.9. The van der Waals surface area contributed by atoms with Crippen LogP contribution in [0.4, 0.5) is 11.6 Å². The summed E-state index contributed by atoms with van der Waals surface area (Å²) in [5.74, 6) is 0.221. The van der Waals surface area contributed by atoms with E-state index in [4.69, 9.17) is 4.74 Å². The molecule has 0 aliphatic carbocycles. The summed E-state index contributed by atoms with van der Waals surface area (Å²) >= 11 is 0. The molecule has 7 nitrogen and oxygen atoms in total. The van der Waals surface area contributed by atoms with E-state index in [-0.39, 0.29) is 5.91 Å². The van der Waals surface area contributed by atoms with Crippen LogP contribution in [0, 0.1) is 6.92 Å². The van der Waals surface area contributed by atoms with Crippen LogP contribution in [-0.2, 0) is 4.74 Å². The Balaban J connectivity index is 1.55. The van der Waals surface area contributed by atoms with Crippen molar-refractivity contribution in [2.75, 3.05) is 50.0 Å². The number of aromatic nitrogens is 2. The molecule has 0 bridgehead atoms. The van der Waals surface area contributed by atoms with Crippen molar-refractivity contribution >= 4 is 17.5 Å². The summed E-state index contributed by atoms with van der Waals surface area (Å²) in [5, 5.41) is 6.06. The largest absolute Gasteiger partial charge is 0.379 e. The fourth-order valence-electron chi connectivity index (χ4n) is 2.62. The van der Waals surface area contributed by atoms with Crippen LogP contribution in [0.25, 0.3) is 0 Å². The first-order valence-corrected chi connectivity index (χ1v) is 8.46. The Morgan fingerprint density at radius 1 is 1.24 bits per heavy atom. The van der Waals surface area contributed by atoms with E-state index in [9.17, 15) is 4.79 Å². The number of carbonyl (C=O) groups is 1. The Labute approximate surface area is 147 Å². The summed E-state index contributed by atoms with van der Waals surface area (Å²) in [4.78, 5) is 23.2. The number of benzene rings is 1. The number of hydrogen-bond acceptors (Lipinski definition) is 6. The maximum Gasteiger partial charge on any atom is 0.274 e. The van der Waals surface area contributed by atoms with Gasteiger partial charge in [-0.3, -0.25) is 9.69 Å². The summed E-state index contributed by atoms with van der Waals surface area (Å²) in [6.45, 7) is 7.03. The molecule has 0 atom stereocenters. The second-order valence-electron chi connectivity index (χ2n) is 5.92. The van der Waals surface area contributed by atoms with E-state index in [1.165, 1.54) is 0 Å². The van der Waals surface area contributed by atoms with Crippen LogP contribution in [0.15, 0.2) is 36.5 Å². The van der Waals surface area contributed by atoms with Gasteiger partial charge in [-0.1, -0.05) is 18.2 Å². The molecule has 1 aromatic carbocycles. The quantitative estimate of drug-likeness (QED) is 0.834. The highest BCUT2D eigenvalue weighted by atomic mass is 16.5. The SMILES string of the molecule is Cc1ccccc1NC(=O)c1ccnc(NCCN2CCOCC2)n1. The van der Waals surface area contributed by atoms with E-state index < -0.39 is 0 Å². The highest BCUT2D eigenvalue weighted by molar-refractivity contribution is 6.03. The van der Waals surface area contributed by atoms with Gasteiger partial charge in [0.15, 0.2) is 0 Å². The number of ether oxygens (including phenoxy) is 1. The molecule has 1 aliphatic heterocycles. The Morgan fingerprint density at radius 2 is 2.04 bits per heavy atom. The van der Waals surface area contributed by atoms with Crippen LogP contribution < -0.4 is 10.6 Å². The molecule has 1 amide bonds. The number of carbonyl (C=O) groups excluding carboxylic acids is 1. The average molecular weight is 341 g/mol. The molecule has 0 radical (unpaired) electrons. The number of para-hydroxylation sites is 1. The minimum Gasteiger partial charge on any atom is -0.379 e. The van der Waals surface area contributed by atoms with Gasteiger partial charge in [0.05, 0.1) is 13.2 Å². The molecular formula is C18H23N5O2. The third kappa shape index (κ3) is 4.98. The lowest BCUT2D eigenvalue weighted by molar-refractivity contribution is 0.0398. The van der Waals surface area contributed by atoms with Crippen molar-refractivity contribution in [1.82, 2.24) is 14.9 Å². The van der Waals surface area contributed by atoms with E-state index in [1.807, 2.05) is 31.2 Å². The van der Waals surface area contributed by atoms with Gasteiger partial charge < -0.3 is 15.4 Å². The van der Waals surface area contributed by atoms with Gasteiger partial charge in [0, 0.05) is 38.1 Å². The zero-order valence-electron chi connectivity index (χ0n) is 14.4. The molecule has 1 fully saturated rings. The molecule has 1 aliphatic rings. The van der Waals surface area contributed by atoms with Crippen molar-refractivity contribution in [3.8, 4) is 0 Å². The van der Waals surface area contributed by atoms with E-state index in [1.54, 1.807) is 12.3 Å². The lowest BCUT2D eigenvalue weighted by atomic mass is 10.2. The number of nitrogens with zero attached hydrogens (tertiary/aromatic N) is 3. The van der Waals surface area contributed by atoms with Crippen LogP contribution in [0.1, 0.15) is 16.1 Å². The second-order valence-corrected chi connectivity index (χ2v) is 5.92. The molecule has 1 saturated heterocycles. The smallest absolute Gasteiger partial charge is 0.274 e. The number of aryl methyl sites for hydroxylation is 1. The highest BCUT2D eigenvalue weighted by Crippen LogP contribution is 2.14. The predicted molar refractivity (Wildman–Crippen MR) is 96.9 cm³/mol. The van der Waals surface area contributed by atoms with E-state index >= 15 is 0 Å². The summed E-state index contributed by atoms with van der Waals surface area (Å²) in [6.07, 6.45) is 1.59. The van der Waals surface area contributed by atoms with Gasteiger partial charge >= 0.3 is 0 Å². The number of anilines is 2. The lowest BCUT2D eigenvalue weighted by Gasteiger charge is -2.26. The van der Waals surface area contributed by atoms with Gasteiger partial charge in [-0.2, -0.15) is 0 Å². The molecule has 0 spiro atoms. The topological polar surface area (TPSA) is 79.4 Å². The van der Waals surface area contributed by atoms with Gasteiger partial charge in [0.1, 0.15) is 5.69 Å². The number of rotatable bonds is 6. The monoisotopic (exact) mass is 341 g/mol. The number of amides is 1. The fourth-order valence-corrected chi connectivity index (χ4v) is 2.62. The highest BCUT2D eigenvalue weighted by Gasteiger charge is 2.12. The van der Waals surface area contributed by atoms with Crippen molar-refractivity contribution in [2.45, 2.75) is 6.92 Å². The van der Waals surface area contributed by atoms with E-state index in [0.717, 1.165) is 50.6 Å². The number of nitrogens with one attached hydrogen (secondary N) is 2. The molecular weight excluding hydrogens is 318 g/mol. The van der Waals surface area contributed by atoms with Crippen LogP contribution >= 0.6 is 0 Å². The Hall–Kier alpha value is -2.51. The average Bonchev–Trinajstić information content (AvgIpc) is 2.65. The third-order valence-corrected chi connectivity index (χ3v) is 4.10. The minimum atomic E-state index is -0.243. The Kier molecular flexibility index (Phi) is 5.92. The first-order chi connectivity index (χ1) is 12.2. The summed E-state index contributed by atoms with van der Waals surface area (Å²) in [7, 11) is 0. The first-order valence-electron chi connectivity index (χ1n) is 8.46. The van der Waals surface area contributed by atoms with Crippen LogP contribution in [0.2, 0.25) is 0 Å². The van der Waals surface area contributed by atoms with Crippen molar-refractivity contribution in [3.63, 3.8) is 0 Å². The van der Waals surface area contributed by atoms with E-state index in [0.29, 0.717) is 11.6 Å². The second kappa shape index (κ2) is 8.55. The maximum atomic E-state index is 12.4. The van der Waals surface area contributed by atoms with Crippen LogP contribution in [0.5, 0.6) is 0 Å². The zero-order chi connectivity index (χ0) is 17.5. The molecule has 25 heavy (non-hydrogen) atoms. The molecule has 2 N–H and O–H groups in total. The molecule has 0 saturated carbocycles. The Bertz CT molecular complexity index is 716. The number of morpholine rings is 1. The van der Waals surface area contributed by atoms with Crippen molar-refractivity contribution < 1.29 is 9.53 Å². The van der Waals surface area contributed by atoms with Crippen molar-refractivity contribution in [2.24, 2.45) is 0 Å². The van der Waals surface area contributed by atoms with Gasteiger partial charge in [-0.15, -0.1) is 0 Å². The summed E-state index contributed by atoms with van der Waals surface area (Å²) in [6, 6.07) is 9.26. The molecule has 7 heteroatoms. The predicted octanol–water partition coefficient (Wildman–Crippen LogP) is 1.78. The van der Waals surface area contributed by atoms with Gasteiger partial charge in [0.25, 0.3) is 5.91 Å². The van der Waals surface area contributed by atoms with Crippen LogP contribution in [-0.4, -0.2) is 60.2 Å². The molecule has 132 valence electrons. The summed E-state index contributed by atoms with van der Waals surface area (Å²) in [5.41, 5.74) is 2.13. The molecule has 3 rings (SSSR count). The minimum absolute atomic E-state index is 0.243. The fraction of sp³-hybridized carbons (Fsp3) is 0.389. The maximum absolute atomic E-state index is 12.4. The van der Waals surface area contributed by atoms with Crippen molar-refractivity contribution in [3.05, 3.63) is 47.8 Å². The number of hydrogen-bond donors (Lipinski definition) is 2. The van der Waals surface area contributed by atoms with E-state index in [2.05, 4.69) is 25.5 Å². The standard InChI is InChI=1S/C18H23N5O2/c1-14-4-2-3-5-15(14)21-17(24)16-6-7-19-18(22-16)20-8-9-23-10-12-25-13-11-23/h2-7H,8-13H2,1H3,(H,21,24)(H,19,20,22). The van der Waals surface area contributed by atoms with Crippen LogP contribution in [0.3, 0.4) is 0 Å². The molecule has 0 unspecified atom stereocenters. The lowest BCUT2D eigenvalue weighted by Crippen LogP contribution is -2.39. The molecule has 1 aromatic heterocycles. The van der Waals surface area contributed by atoms with Gasteiger partial charge in [-0.05, 0) is 24.6 Å². The Morgan fingerprint density at radius 3 is 2.84 bits per heavy atom. The summed E-state index contributed by atoms with van der Waals surface area (Å²) < 4.78 is 5.33. The van der Waals surface area contributed by atoms with Gasteiger partial charge in [0.2, 0.25) is 5.95 Å². The first kappa shape index (κ1) is 17.3. The zero-order valence-corrected chi connectivity index (χ0v) is 14.4. The molecule has 2 heterocycles. The van der Waals surface area contributed by atoms with Crippen molar-refractivity contribution in [1.29, 1.82) is 0 Å². The van der Waals surface area contributed by atoms with Gasteiger partial charge in [-0.25, -0.2) is 9.97 Å².